The maximum absolute atomic E-state index is 11.3. The van der Waals surface area contributed by atoms with Crippen LogP contribution in [-0.2, 0) is 11.3 Å². The molecule has 0 fully saturated rings. The van der Waals surface area contributed by atoms with Crippen LogP contribution >= 0.6 is 11.6 Å². The number of esters is 1. The number of ether oxygens (including phenoxy) is 1. The molecule has 2 aromatic rings. The molecule has 0 spiro atoms. The maximum Gasteiger partial charge on any atom is 0.339 e. The van der Waals surface area contributed by atoms with Crippen LogP contribution < -0.4 is 5.32 Å². The van der Waals surface area contributed by atoms with E-state index in [9.17, 15) is 4.79 Å². The average Bonchev–Trinajstić information content (AvgIpc) is 2.52. The van der Waals surface area contributed by atoms with Crippen LogP contribution in [0, 0.1) is 0 Å². The summed E-state index contributed by atoms with van der Waals surface area (Å²) in [4.78, 5) is 15.6. The van der Waals surface area contributed by atoms with Gasteiger partial charge in [0.25, 0.3) is 0 Å². The summed E-state index contributed by atoms with van der Waals surface area (Å²) in [5.41, 5.74) is 2.34. The Morgan fingerprint density at radius 1 is 1.33 bits per heavy atom. The summed E-state index contributed by atoms with van der Waals surface area (Å²) in [6, 6.07) is 11.4. The third-order valence-electron chi connectivity index (χ3n) is 3.21. The van der Waals surface area contributed by atoms with Crippen LogP contribution in [0.4, 0.5) is 0 Å². The van der Waals surface area contributed by atoms with Crippen LogP contribution in [0.1, 0.15) is 34.6 Å². The number of nitrogens with zero attached hydrogens (tertiary/aromatic N) is 1. The maximum atomic E-state index is 11.3. The number of pyridine rings is 1. The summed E-state index contributed by atoms with van der Waals surface area (Å²) in [5, 5.41) is 4.10. The average molecular weight is 305 g/mol. The van der Waals surface area contributed by atoms with Gasteiger partial charge in [-0.25, -0.2) is 4.79 Å². The molecule has 0 radical (unpaired) electrons. The van der Waals surface area contributed by atoms with Gasteiger partial charge in [0, 0.05) is 23.8 Å². The molecule has 1 atom stereocenters. The molecule has 1 aromatic heterocycles. The van der Waals surface area contributed by atoms with Crippen molar-refractivity contribution in [3.8, 4) is 0 Å². The first-order valence-corrected chi connectivity index (χ1v) is 7.00. The second kappa shape index (κ2) is 7.20. The van der Waals surface area contributed by atoms with E-state index >= 15 is 0 Å². The zero-order chi connectivity index (χ0) is 15.2. The Hall–Kier alpha value is -1.91. The van der Waals surface area contributed by atoms with Crippen molar-refractivity contribution < 1.29 is 9.53 Å². The molecule has 0 amide bonds. The van der Waals surface area contributed by atoms with E-state index in [1.54, 1.807) is 12.1 Å². The smallest absolute Gasteiger partial charge is 0.339 e. The Kier molecular flexibility index (Phi) is 5.31. The lowest BCUT2D eigenvalue weighted by atomic mass is 10.1. The summed E-state index contributed by atoms with van der Waals surface area (Å²) in [7, 11) is 1.35. The van der Waals surface area contributed by atoms with Gasteiger partial charge in [0.15, 0.2) is 0 Å². The highest BCUT2D eigenvalue weighted by molar-refractivity contribution is 6.31. The number of methoxy groups -OCH3 is 1. The summed E-state index contributed by atoms with van der Waals surface area (Å²) in [5.74, 6) is -0.383. The largest absolute Gasteiger partial charge is 0.465 e. The number of halogens is 1. The van der Waals surface area contributed by atoms with Crippen molar-refractivity contribution in [3.05, 3.63) is 64.4 Å². The van der Waals surface area contributed by atoms with E-state index in [0.717, 1.165) is 16.3 Å². The van der Waals surface area contributed by atoms with Crippen LogP contribution in [-0.4, -0.2) is 18.1 Å². The zero-order valence-electron chi connectivity index (χ0n) is 12.0. The van der Waals surface area contributed by atoms with Gasteiger partial charge in [-0.2, -0.15) is 0 Å². The first kappa shape index (κ1) is 15.5. The zero-order valence-corrected chi connectivity index (χ0v) is 12.7. The monoisotopic (exact) mass is 304 g/mol. The molecule has 1 heterocycles. The summed E-state index contributed by atoms with van der Waals surface area (Å²) in [6.07, 6.45) is 1.52. The highest BCUT2D eigenvalue weighted by atomic mass is 35.5. The molecule has 1 aromatic carbocycles. The number of rotatable bonds is 5. The van der Waals surface area contributed by atoms with Crippen molar-refractivity contribution in [3.63, 3.8) is 0 Å². The Labute approximate surface area is 129 Å². The number of carbonyl (C=O) groups is 1. The topological polar surface area (TPSA) is 51.2 Å². The number of benzene rings is 1. The van der Waals surface area contributed by atoms with Crippen molar-refractivity contribution in [2.75, 3.05) is 7.11 Å². The van der Waals surface area contributed by atoms with Gasteiger partial charge < -0.3 is 10.1 Å². The first-order valence-electron chi connectivity index (χ1n) is 6.63. The van der Waals surface area contributed by atoms with Gasteiger partial charge in [0.05, 0.1) is 18.4 Å². The quantitative estimate of drug-likeness (QED) is 0.861. The van der Waals surface area contributed by atoms with Crippen molar-refractivity contribution in [2.24, 2.45) is 0 Å². The highest BCUT2D eigenvalue weighted by Crippen LogP contribution is 2.22. The van der Waals surface area contributed by atoms with Gasteiger partial charge in [-0.15, -0.1) is 0 Å². The van der Waals surface area contributed by atoms with E-state index in [-0.39, 0.29) is 12.0 Å². The number of carbonyl (C=O) groups excluding carboxylic acids is 1. The molecule has 110 valence electrons. The molecule has 2 rings (SSSR count). The van der Waals surface area contributed by atoms with Crippen molar-refractivity contribution in [1.29, 1.82) is 0 Å². The fourth-order valence-electron chi connectivity index (χ4n) is 1.96. The van der Waals surface area contributed by atoms with E-state index < -0.39 is 0 Å². The van der Waals surface area contributed by atoms with Crippen LogP contribution in [0.5, 0.6) is 0 Å². The standard InChI is InChI=1S/C16H17ClN2O2/c1-11(14-5-3-4-6-15(14)17)18-10-13-8-7-12(9-19-13)16(20)21-2/h3-9,11,18H,10H2,1-2H3/t11-/m1/s1. The minimum absolute atomic E-state index is 0.112. The van der Waals surface area contributed by atoms with Crippen molar-refractivity contribution in [2.45, 2.75) is 19.5 Å². The molecule has 5 heteroatoms. The van der Waals surface area contributed by atoms with Crippen molar-refractivity contribution >= 4 is 17.6 Å². The lowest BCUT2D eigenvalue weighted by Gasteiger charge is -2.15. The minimum atomic E-state index is -0.383. The first-order chi connectivity index (χ1) is 10.1. The minimum Gasteiger partial charge on any atom is -0.465 e. The van der Waals surface area contributed by atoms with Gasteiger partial charge in [0.1, 0.15) is 0 Å². The molecule has 1 N–H and O–H groups in total. The number of aromatic nitrogens is 1. The van der Waals surface area contributed by atoms with E-state index in [2.05, 4.69) is 15.0 Å². The number of hydrogen-bond acceptors (Lipinski definition) is 4. The summed E-state index contributed by atoms with van der Waals surface area (Å²) < 4.78 is 4.64. The van der Waals surface area contributed by atoms with Crippen LogP contribution in [0.15, 0.2) is 42.6 Å². The molecule has 0 saturated heterocycles. The summed E-state index contributed by atoms with van der Waals surface area (Å²) in [6.45, 7) is 2.64. The third-order valence-corrected chi connectivity index (χ3v) is 3.55. The Balaban J connectivity index is 1.97. The molecule has 0 saturated carbocycles. The van der Waals surface area contributed by atoms with Gasteiger partial charge in [0.2, 0.25) is 0 Å². The second-order valence-corrected chi connectivity index (χ2v) is 5.06. The molecular weight excluding hydrogens is 288 g/mol. The fourth-order valence-corrected chi connectivity index (χ4v) is 2.26. The van der Waals surface area contributed by atoms with Crippen molar-refractivity contribution in [1.82, 2.24) is 10.3 Å². The SMILES string of the molecule is COC(=O)c1ccc(CN[C@H](C)c2ccccc2Cl)nc1. The fraction of sp³-hybridized carbons (Fsp3) is 0.250. The van der Waals surface area contributed by atoms with Gasteiger partial charge >= 0.3 is 5.97 Å². The van der Waals surface area contributed by atoms with E-state index in [4.69, 9.17) is 11.6 Å². The molecule has 0 unspecified atom stereocenters. The molecule has 0 aliphatic heterocycles. The third kappa shape index (κ3) is 4.03. The Morgan fingerprint density at radius 2 is 2.10 bits per heavy atom. The van der Waals surface area contributed by atoms with Crippen LogP contribution in [0.25, 0.3) is 0 Å². The van der Waals surface area contributed by atoms with Crippen LogP contribution in [0.2, 0.25) is 5.02 Å². The molecule has 21 heavy (non-hydrogen) atoms. The molecular formula is C16H17ClN2O2. The number of nitrogens with one attached hydrogen (secondary N) is 1. The lowest BCUT2D eigenvalue weighted by molar-refractivity contribution is 0.0600. The second-order valence-electron chi connectivity index (χ2n) is 4.65. The van der Waals surface area contributed by atoms with Crippen LogP contribution in [0.3, 0.4) is 0 Å². The van der Waals surface area contributed by atoms with Gasteiger partial charge in [-0.1, -0.05) is 29.8 Å². The molecule has 0 aliphatic carbocycles. The normalized spacial score (nSPS) is 12.0. The highest BCUT2D eigenvalue weighted by Gasteiger charge is 2.09. The Morgan fingerprint density at radius 3 is 2.71 bits per heavy atom. The molecule has 0 bridgehead atoms. The van der Waals surface area contributed by atoms with E-state index in [1.165, 1.54) is 13.3 Å². The van der Waals surface area contributed by atoms with Gasteiger partial charge in [-0.05, 0) is 30.7 Å². The van der Waals surface area contributed by atoms with E-state index in [0.29, 0.717) is 12.1 Å². The predicted molar refractivity (Wildman–Crippen MR) is 82.3 cm³/mol. The number of hydrogen-bond donors (Lipinski definition) is 1. The predicted octanol–water partition coefficient (Wildman–Crippen LogP) is 3.37. The van der Waals surface area contributed by atoms with E-state index in [1.807, 2.05) is 31.2 Å². The van der Waals surface area contributed by atoms with Gasteiger partial charge in [-0.3, -0.25) is 4.98 Å². The Bertz CT molecular complexity index is 614. The molecule has 4 nitrogen and oxygen atoms in total. The molecule has 0 aliphatic rings. The lowest BCUT2D eigenvalue weighted by Crippen LogP contribution is -2.19. The summed E-state index contributed by atoms with van der Waals surface area (Å²) >= 11 is 6.17.